The van der Waals surface area contributed by atoms with Gasteiger partial charge >= 0.3 is 5.97 Å². The van der Waals surface area contributed by atoms with Gasteiger partial charge in [-0.05, 0) is 30.7 Å². The first-order valence-electron chi connectivity index (χ1n) is 5.70. The average molecular weight is 309 g/mol. The number of hydrogen-bond acceptors (Lipinski definition) is 5. The number of rotatable bonds is 4. The van der Waals surface area contributed by atoms with Crippen LogP contribution in [0.1, 0.15) is 15.9 Å². The largest absolute Gasteiger partial charge is 0.477 e. The molecule has 0 unspecified atom stereocenters. The van der Waals surface area contributed by atoms with Crippen molar-refractivity contribution >= 4 is 23.3 Å². The van der Waals surface area contributed by atoms with Gasteiger partial charge in [0.05, 0.1) is 4.92 Å². The molecule has 0 aliphatic carbocycles. The van der Waals surface area contributed by atoms with E-state index in [9.17, 15) is 14.9 Å². The van der Waals surface area contributed by atoms with Crippen LogP contribution in [0.25, 0.3) is 0 Å². The summed E-state index contributed by atoms with van der Waals surface area (Å²) in [4.78, 5) is 24.8. The van der Waals surface area contributed by atoms with E-state index in [0.29, 0.717) is 16.3 Å². The number of halogens is 1. The van der Waals surface area contributed by atoms with Crippen molar-refractivity contribution in [2.75, 3.05) is 0 Å². The molecule has 2 aromatic rings. The molecule has 0 saturated carbocycles. The van der Waals surface area contributed by atoms with E-state index in [1.807, 2.05) is 0 Å². The number of pyridine rings is 1. The van der Waals surface area contributed by atoms with Crippen molar-refractivity contribution in [1.82, 2.24) is 4.98 Å². The third-order valence-corrected chi connectivity index (χ3v) is 2.86. The van der Waals surface area contributed by atoms with Gasteiger partial charge in [0, 0.05) is 11.1 Å². The van der Waals surface area contributed by atoms with Crippen molar-refractivity contribution in [3.8, 4) is 11.6 Å². The summed E-state index contributed by atoms with van der Waals surface area (Å²) in [7, 11) is 0. The van der Waals surface area contributed by atoms with Gasteiger partial charge in [0.15, 0.2) is 0 Å². The second-order valence-electron chi connectivity index (χ2n) is 4.12. The Hall–Kier alpha value is -2.67. The summed E-state index contributed by atoms with van der Waals surface area (Å²) in [5.74, 6) is -1.23. The van der Waals surface area contributed by atoms with Crippen LogP contribution in [0.3, 0.4) is 0 Å². The monoisotopic (exact) mass is 308 g/mol. The van der Waals surface area contributed by atoms with E-state index in [4.69, 9.17) is 21.4 Å². The second kappa shape index (κ2) is 5.76. The number of aromatic carboxylic acids is 1. The highest BCUT2D eigenvalue weighted by Crippen LogP contribution is 2.29. The molecular weight excluding hydrogens is 300 g/mol. The molecule has 7 nitrogen and oxygen atoms in total. The maximum Gasteiger partial charge on any atom is 0.341 e. The number of carboxylic acids is 1. The van der Waals surface area contributed by atoms with Gasteiger partial charge < -0.3 is 9.84 Å². The first kappa shape index (κ1) is 14.7. The molecule has 0 amide bonds. The summed E-state index contributed by atoms with van der Waals surface area (Å²) in [5, 5.41) is 20.3. The molecular formula is C13H9ClN2O5. The molecule has 8 heteroatoms. The highest BCUT2D eigenvalue weighted by Gasteiger charge is 2.19. The van der Waals surface area contributed by atoms with Crippen LogP contribution in [0.4, 0.5) is 5.69 Å². The molecule has 21 heavy (non-hydrogen) atoms. The lowest BCUT2D eigenvalue weighted by molar-refractivity contribution is -0.385. The van der Waals surface area contributed by atoms with E-state index in [-0.39, 0.29) is 5.88 Å². The summed E-state index contributed by atoms with van der Waals surface area (Å²) in [5.41, 5.74) is -0.134. The maximum absolute atomic E-state index is 11.2. The minimum atomic E-state index is -1.37. The molecule has 0 spiro atoms. The van der Waals surface area contributed by atoms with E-state index in [1.54, 1.807) is 25.1 Å². The number of hydrogen-bond donors (Lipinski definition) is 1. The molecule has 0 aliphatic rings. The van der Waals surface area contributed by atoms with E-state index >= 15 is 0 Å². The standard InChI is InChI=1S/C13H9ClN2O5/c1-7-4-8(14)2-3-11(7)21-12-10(13(17)18)5-9(6-15-12)16(19)20/h2-6H,1H3,(H,17,18). The predicted molar refractivity (Wildman–Crippen MR) is 74.1 cm³/mol. The zero-order valence-corrected chi connectivity index (χ0v) is 11.5. The van der Waals surface area contributed by atoms with Gasteiger partial charge in [-0.15, -0.1) is 0 Å². The average Bonchev–Trinajstić information content (AvgIpc) is 2.41. The van der Waals surface area contributed by atoms with Crippen LogP contribution < -0.4 is 4.74 Å². The van der Waals surface area contributed by atoms with Gasteiger partial charge in [0.25, 0.3) is 5.69 Å². The third kappa shape index (κ3) is 3.26. The van der Waals surface area contributed by atoms with E-state index < -0.39 is 22.1 Å². The number of carboxylic acid groups (broad SMARTS) is 1. The van der Waals surface area contributed by atoms with Gasteiger partial charge in [0.1, 0.15) is 17.5 Å². The number of aryl methyl sites for hydroxylation is 1. The molecule has 0 atom stereocenters. The van der Waals surface area contributed by atoms with Crippen molar-refractivity contribution in [2.45, 2.75) is 6.92 Å². The second-order valence-corrected chi connectivity index (χ2v) is 4.56. The first-order valence-corrected chi connectivity index (χ1v) is 6.08. The van der Waals surface area contributed by atoms with Crippen LogP contribution in [0.15, 0.2) is 30.5 Å². The number of ether oxygens (including phenoxy) is 1. The Morgan fingerprint density at radius 2 is 2.14 bits per heavy atom. The molecule has 0 fully saturated rings. The Kier molecular flexibility index (Phi) is 4.04. The summed E-state index contributed by atoms with van der Waals surface area (Å²) in [6.45, 7) is 1.73. The molecule has 1 heterocycles. The van der Waals surface area contributed by atoms with Gasteiger partial charge in [-0.3, -0.25) is 10.1 Å². The van der Waals surface area contributed by atoms with Crippen LogP contribution in [-0.2, 0) is 0 Å². The Morgan fingerprint density at radius 3 is 2.71 bits per heavy atom. The molecule has 0 aliphatic heterocycles. The number of carbonyl (C=O) groups is 1. The molecule has 2 rings (SSSR count). The SMILES string of the molecule is Cc1cc(Cl)ccc1Oc1ncc([N+](=O)[O-])cc1C(=O)O. The van der Waals surface area contributed by atoms with Crippen molar-refractivity contribution in [3.63, 3.8) is 0 Å². The van der Waals surface area contributed by atoms with Gasteiger partial charge in [-0.25, -0.2) is 9.78 Å². The van der Waals surface area contributed by atoms with Crippen molar-refractivity contribution in [1.29, 1.82) is 0 Å². The maximum atomic E-state index is 11.2. The number of nitrogens with zero attached hydrogens (tertiary/aromatic N) is 2. The molecule has 108 valence electrons. The summed E-state index contributed by atoms with van der Waals surface area (Å²) in [6, 6.07) is 5.68. The van der Waals surface area contributed by atoms with Crippen molar-refractivity contribution in [2.24, 2.45) is 0 Å². The quantitative estimate of drug-likeness (QED) is 0.685. The highest BCUT2D eigenvalue weighted by molar-refractivity contribution is 6.30. The topological polar surface area (TPSA) is 103 Å². The van der Waals surface area contributed by atoms with Crippen molar-refractivity contribution < 1.29 is 19.6 Å². The van der Waals surface area contributed by atoms with Gasteiger partial charge in [-0.2, -0.15) is 0 Å². The van der Waals surface area contributed by atoms with Gasteiger partial charge in [-0.1, -0.05) is 11.6 Å². The van der Waals surface area contributed by atoms with Crippen molar-refractivity contribution in [3.05, 3.63) is 56.7 Å². The Labute approximate surface area is 123 Å². The molecule has 0 saturated heterocycles. The third-order valence-electron chi connectivity index (χ3n) is 2.62. The summed E-state index contributed by atoms with van der Waals surface area (Å²) in [6.07, 6.45) is 0.938. The van der Waals surface area contributed by atoms with Crippen LogP contribution in [0.5, 0.6) is 11.6 Å². The lowest BCUT2D eigenvalue weighted by Crippen LogP contribution is -2.04. The number of nitro groups is 1. The fourth-order valence-corrected chi connectivity index (χ4v) is 1.83. The smallest absolute Gasteiger partial charge is 0.341 e. The van der Waals surface area contributed by atoms with Crippen LogP contribution in [0.2, 0.25) is 5.02 Å². The fourth-order valence-electron chi connectivity index (χ4n) is 1.61. The minimum Gasteiger partial charge on any atom is -0.477 e. The first-order chi connectivity index (χ1) is 9.88. The van der Waals surface area contributed by atoms with Gasteiger partial charge in [0.2, 0.25) is 5.88 Å². The predicted octanol–water partition coefficient (Wildman–Crippen LogP) is 3.44. The normalized spacial score (nSPS) is 10.2. The van der Waals surface area contributed by atoms with E-state index in [2.05, 4.69) is 4.98 Å². The summed E-state index contributed by atoms with van der Waals surface area (Å²) >= 11 is 5.82. The minimum absolute atomic E-state index is 0.224. The summed E-state index contributed by atoms with van der Waals surface area (Å²) < 4.78 is 5.42. The lowest BCUT2D eigenvalue weighted by Gasteiger charge is -2.09. The Balaban J connectivity index is 2.44. The zero-order valence-electron chi connectivity index (χ0n) is 10.7. The van der Waals surface area contributed by atoms with E-state index in [0.717, 1.165) is 12.3 Å². The number of aromatic nitrogens is 1. The Morgan fingerprint density at radius 1 is 1.43 bits per heavy atom. The van der Waals surface area contributed by atoms with Crippen LogP contribution in [0, 0.1) is 17.0 Å². The van der Waals surface area contributed by atoms with E-state index in [1.165, 1.54) is 0 Å². The molecule has 0 bridgehead atoms. The molecule has 1 aromatic heterocycles. The molecule has 1 aromatic carbocycles. The highest BCUT2D eigenvalue weighted by atomic mass is 35.5. The lowest BCUT2D eigenvalue weighted by atomic mass is 10.2. The molecule has 1 N–H and O–H groups in total. The molecule has 0 radical (unpaired) electrons. The fraction of sp³-hybridized carbons (Fsp3) is 0.0769. The number of benzene rings is 1. The van der Waals surface area contributed by atoms with Crippen LogP contribution in [-0.4, -0.2) is 21.0 Å². The Bertz CT molecular complexity index is 732. The zero-order chi connectivity index (χ0) is 15.6. The van der Waals surface area contributed by atoms with Crippen LogP contribution >= 0.6 is 11.6 Å².